The zero-order chi connectivity index (χ0) is 20.3. The molecule has 5 heteroatoms. The van der Waals surface area contributed by atoms with Crippen molar-refractivity contribution in [3.05, 3.63) is 58.1 Å². The predicted octanol–water partition coefficient (Wildman–Crippen LogP) is 4.32. The van der Waals surface area contributed by atoms with Crippen molar-refractivity contribution in [3.63, 3.8) is 0 Å². The Morgan fingerprint density at radius 3 is 2.82 bits per heavy atom. The van der Waals surface area contributed by atoms with Crippen LogP contribution in [0, 0.1) is 11.3 Å². The van der Waals surface area contributed by atoms with Gasteiger partial charge in [-0.25, -0.2) is 0 Å². The molecule has 1 aliphatic heterocycles. The van der Waals surface area contributed by atoms with Crippen molar-refractivity contribution in [2.75, 3.05) is 25.5 Å². The van der Waals surface area contributed by atoms with Gasteiger partial charge in [-0.1, -0.05) is 26.0 Å². The maximum absolute atomic E-state index is 13.1. The summed E-state index contributed by atoms with van der Waals surface area (Å²) in [6.45, 7) is 8.24. The maximum Gasteiger partial charge on any atom is 0.259 e. The van der Waals surface area contributed by atoms with E-state index in [4.69, 9.17) is 4.74 Å². The van der Waals surface area contributed by atoms with Crippen LogP contribution in [0.1, 0.15) is 59.3 Å². The summed E-state index contributed by atoms with van der Waals surface area (Å²) in [5.74, 6) is 0.443. The van der Waals surface area contributed by atoms with E-state index in [0.717, 1.165) is 30.8 Å². The van der Waals surface area contributed by atoms with E-state index in [1.807, 2.05) is 39.0 Å². The van der Waals surface area contributed by atoms with Crippen molar-refractivity contribution in [3.8, 4) is 11.8 Å². The highest BCUT2D eigenvalue weighted by molar-refractivity contribution is 6.07. The van der Waals surface area contributed by atoms with Gasteiger partial charge in [0.25, 0.3) is 5.91 Å². The third-order valence-electron chi connectivity index (χ3n) is 5.14. The molecule has 0 spiro atoms. The lowest BCUT2D eigenvalue weighted by atomic mass is 9.94. The number of ether oxygens (including phenoxy) is 1. The number of carbonyl (C=O) groups is 1. The van der Waals surface area contributed by atoms with Crippen molar-refractivity contribution >= 4 is 11.6 Å². The first-order valence-electron chi connectivity index (χ1n) is 9.76. The van der Waals surface area contributed by atoms with Crippen molar-refractivity contribution in [1.29, 1.82) is 5.26 Å². The quantitative estimate of drug-likeness (QED) is 0.843. The molecule has 2 aromatic rings. The van der Waals surface area contributed by atoms with Crippen molar-refractivity contribution in [1.82, 2.24) is 4.90 Å². The summed E-state index contributed by atoms with van der Waals surface area (Å²) < 4.78 is 5.74. The first-order valence-corrected chi connectivity index (χ1v) is 9.76. The van der Waals surface area contributed by atoms with Crippen LogP contribution in [-0.2, 0) is 13.0 Å². The van der Waals surface area contributed by atoms with Gasteiger partial charge in [-0.2, -0.15) is 5.26 Å². The van der Waals surface area contributed by atoms with Crippen LogP contribution >= 0.6 is 0 Å². The molecular weight excluding hydrogens is 350 g/mol. The van der Waals surface area contributed by atoms with E-state index < -0.39 is 0 Å². The average Bonchev–Trinajstić information content (AvgIpc) is 2.67. The smallest absolute Gasteiger partial charge is 0.259 e. The molecule has 1 amide bonds. The van der Waals surface area contributed by atoms with Gasteiger partial charge in [0.05, 0.1) is 23.8 Å². The van der Waals surface area contributed by atoms with Gasteiger partial charge < -0.3 is 15.0 Å². The monoisotopic (exact) mass is 377 g/mol. The summed E-state index contributed by atoms with van der Waals surface area (Å²) in [4.78, 5) is 15.4. The molecule has 0 atom stereocenters. The van der Waals surface area contributed by atoms with Crippen LogP contribution < -0.4 is 10.1 Å². The van der Waals surface area contributed by atoms with Crippen LogP contribution in [0.15, 0.2) is 30.3 Å². The SMILES string of the molecule is CCOc1cc(C(C)C)c(C#N)cc1C(=O)Nc1cccc2c1CCN(C)C2. The van der Waals surface area contributed by atoms with Gasteiger partial charge in [-0.15, -0.1) is 0 Å². The van der Waals surface area contributed by atoms with E-state index in [1.165, 1.54) is 11.1 Å². The number of nitrogens with one attached hydrogen (secondary N) is 1. The Bertz CT molecular complexity index is 928. The van der Waals surface area contributed by atoms with Gasteiger partial charge >= 0.3 is 0 Å². The average molecular weight is 377 g/mol. The molecule has 0 aliphatic carbocycles. The van der Waals surface area contributed by atoms with Crippen LogP contribution in [0.3, 0.4) is 0 Å². The second-order valence-corrected chi connectivity index (χ2v) is 7.52. The molecule has 0 bridgehead atoms. The number of nitrogens with zero attached hydrogens (tertiary/aromatic N) is 2. The summed E-state index contributed by atoms with van der Waals surface area (Å²) >= 11 is 0. The molecule has 3 rings (SSSR count). The highest BCUT2D eigenvalue weighted by Gasteiger charge is 2.21. The van der Waals surface area contributed by atoms with E-state index in [-0.39, 0.29) is 11.8 Å². The zero-order valence-electron chi connectivity index (χ0n) is 17.0. The van der Waals surface area contributed by atoms with E-state index in [1.54, 1.807) is 6.07 Å². The molecule has 0 saturated carbocycles. The number of anilines is 1. The van der Waals surface area contributed by atoms with Crippen LogP contribution in [0.4, 0.5) is 5.69 Å². The molecule has 146 valence electrons. The van der Waals surface area contributed by atoms with E-state index in [0.29, 0.717) is 23.5 Å². The summed E-state index contributed by atoms with van der Waals surface area (Å²) in [7, 11) is 2.10. The maximum atomic E-state index is 13.1. The fourth-order valence-electron chi connectivity index (χ4n) is 3.68. The predicted molar refractivity (Wildman–Crippen MR) is 111 cm³/mol. The number of fused-ring (bicyclic) bond motifs is 1. The van der Waals surface area contributed by atoms with E-state index in [2.05, 4.69) is 29.4 Å². The Morgan fingerprint density at radius 2 is 2.14 bits per heavy atom. The van der Waals surface area contributed by atoms with Crippen molar-refractivity contribution < 1.29 is 9.53 Å². The molecular formula is C23H27N3O2. The largest absolute Gasteiger partial charge is 0.493 e. The third-order valence-corrected chi connectivity index (χ3v) is 5.14. The summed E-state index contributed by atoms with van der Waals surface area (Å²) in [6, 6.07) is 11.7. The molecule has 0 saturated heterocycles. The molecule has 0 radical (unpaired) electrons. The van der Waals surface area contributed by atoms with Gasteiger partial charge in [0.1, 0.15) is 5.75 Å². The summed E-state index contributed by atoms with van der Waals surface area (Å²) in [5, 5.41) is 12.6. The topological polar surface area (TPSA) is 65.4 Å². The number of hydrogen-bond donors (Lipinski definition) is 1. The Hall–Kier alpha value is -2.84. The summed E-state index contributed by atoms with van der Waals surface area (Å²) in [5.41, 5.74) is 5.07. The lowest BCUT2D eigenvalue weighted by Gasteiger charge is -2.27. The molecule has 1 N–H and O–H groups in total. The molecule has 1 aliphatic rings. The van der Waals surface area contributed by atoms with Crippen LogP contribution in [-0.4, -0.2) is 31.0 Å². The van der Waals surface area contributed by atoms with Crippen LogP contribution in [0.5, 0.6) is 5.75 Å². The Morgan fingerprint density at radius 1 is 1.36 bits per heavy atom. The van der Waals surface area contributed by atoms with Crippen LogP contribution in [0.2, 0.25) is 0 Å². The first kappa shape index (κ1) is 19.9. The van der Waals surface area contributed by atoms with Crippen molar-refractivity contribution in [2.45, 2.75) is 39.7 Å². The Labute approximate surface area is 166 Å². The lowest BCUT2D eigenvalue weighted by Crippen LogP contribution is -2.27. The summed E-state index contributed by atoms with van der Waals surface area (Å²) in [6.07, 6.45) is 0.899. The minimum Gasteiger partial charge on any atom is -0.493 e. The molecule has 28 heavy (non-hydrogen) atoms. The minimum absolute atomic E-state index is 0.170. The highest BCUT2D eigenvalue weighted by atomic mass is 16.5. The number of carbonyl (C=O) groups excluding carboxylic acids is 1. The van der Waals surface area contributed by atoms with Gasteiger partial charge in [0.2, 0.25) is 0 Å². The zero-order valence-corrected chi connectivity index (χ0v) is 17.0. The molecule has 0 fully saturated rings. The van der Waals surface area contributed by atoms with Gasteiger partial charge in [-0.05, 0) is 61.2 Å². The Balaban J connectivity index is 1.97. The highest BCUT2D eigenvalue weighted by Crippen LogP contribution is 2.31. The number of benzene rings is 2. The molecule has 0 unspecified atom stereocenters. The molecule has 2 aromatic carbocycles. The lowest BCUT2D eigenvalue weighted by molar-refractivity contribution is 0.102. The fraction of sp³-hybridized carbons (Fsp3) is 0.391. The number of hydrogen-bond acceptors (Lipinski definition) is 4. The van der Waals surface area contributed by atoms with E-state index in [9.17, 15) is 10.1 Å². The Kier molecular flexibility index (Phi) is 6.01. The number of nitriles is 1. The standard InChI is InChI=1S/C23H27N3O2/c1-5-28-22-12-19(15(2)3)17(13-24)11-20(22)23(27)25-21-8-6-7-16-14-26(4)10-9-18(16)21/h6-8,11-12,15H,5,9-10,14H2,1-4H3,(H,25,27). The second-order valence-electron chi connectivity index (χ2n) is 7.52. The van der Waals surface area contributed by atoms with Gasteiger partial charge in [0.15, 0.2) is 0 Å². The minimum atomic E-state index is -0.248. The molecule has 5 nitrogen and oxygen atoms in total. The number of rotatable bonds is 5. The second kappa shape index (κ2) is 8.45. The number of amides is 1. The van der Waals surface area contributed by atoms with Gasteiger partial charge in [0, 0.05) is 18.8 Å². The molecule has 0 aromatic heterocycles. The van der Waals surface area contributed by atoms with Gasteiger partial charge in [-0.3, -0.25) is 4.79 Å². The fourth-order valence-corrected chi connectivity index (χ4v) is 3.68. The van der Waals surface area contributed by atoms with E-state index >= 15 is 0 Å². The molecule has 1 heterocycles. The normalized spacial score (nSPS) is 13.7. The first-order chi connectivity index (χ1) is 13.4. The van der Waals surface area contributed by atoms with Crippen LogP contribution in [0.25, 0.3) is 0 Å². The number of likely N-dealkylation sites (N-methyl/N-ethyl adjacent to an activating group) is 1. The third kappa shape index (κ3) is 4.02. The van der Waals surface area contributed by atoms with Crippen molar-refractivity contribution in [2.24, 2.45) is 0 Å².